The molecule has 0 unspecified atom stereocenters. The number of rotatable bonds is 6. The molecule has 2 heterocycles. The minimum atomic E-state index is -0.108. The molecule has 6 heteroatoms. The average molecular weight is 353 g/mol. The van der Waals surface area contributed by atoms with Gasteiger partial charge < -0.3 is 10.1 Å². The summed E-state index contributed by atoms with van der Waals surface area (Å²) in [6.45, 7) is 4.70. The summed E-state index contributed by atoms with van der Waals surface area (Å²) < 4.78 is 5.63. The Balaban J connectivity index is 1.59. The molecule has 0 atom stereocenters. The van der Waals surface area contributed by atoms with E-state index in [4.69, 9.17) is 4.74 Å². The van der Waals surface area contributed by atoms with Gasteiger partial charge in [0, 0.05) is 12.7 Å². The van der Waals surface area contributed by atoms with Gasteiger partial charge in [-0.2, -0.15) is 0 Å². The van der Waals surface area contributed by atoms with Crippen LogP contribution in [0.25, 0.3) is 0 Å². The van der Waals surface area contributed by atoms with Crippen LogP contribution >= 0.6 is 11.3 Å². The van der Waals surface area contributed by atoms with Gasteiger partial charge in [-0.3, -0.25) is 9.78 Å². The van der Waals surface area contributed by atoms with E-state index in [9.17, 15) is 4.79 Å². The van der Waals surface area contributed by atoms with E-state index in [-0.39, 0.29) is 5.91 Å². The largest absolute Gasteiger partial charge is 0.485 e. The first-order valence-corrected chi connectivity index (χ1v) is 8.76. The quantitative estimate of drug-likeness (QED) is 0.734. The number of ether oxygens (including phenoxy) is 1. The van der Waals surface area contributed by atoms with Crippen molar-refractivity contribution in [3.63, 3.8) is 0 Å². The van der Waals surface area contributed by atoms with Crippen LogP contribution in [-0.2, 0) is 13.2 Å². The molecule has 1 aromatic carbocycles. The third-order valence-corrected chi connectivity index (χ3v) is 4.75. The monoisotopic (exact) mass is 353 g/mol. The van der Waals surface area contributed by atoms with Crippen molar-refractivity contribution in [1.29, 1.82) is 0 Å². The molecule has 1 N–H and O–H groups in total. The molecule has 25 heavy (non-hydrogen) atoms. The smallest absolute Gasteiger partial charge is 0.263 e. The summed E-state index contributed by atoms with van der Waals surface area (Å²) in [5, 5.41) is 3.71. The minimum Gasteiger partial charge on any atom is -0.485 e. The highest BCUT2D eigenvalue weighted by Crippen LogP contribution is 2.20. The second-order valence-corrected chi connectivity index (χ2v) is 6.75. The average Bonchev–Trinajstić information content (AvgIpc) is 3.01. The van der Waals surface area contributed by atoms with E-state index in [2.05, 4.69) is 15.3 Å². The normalized spacial score (nSPS) is 10.5. The molecule has 0 spiro atoms. The molecular formula is C19H19N3O2S. The molecule has 0 saturated carbocycles. The zero-order chi connectivity index (χ0) is 17.6. The Hall–Kier alpha value is -2.73. The van der Waals surface area contributed by atoms with Crippen molar-refractivity contribution in [3.8, 4) is 5.75 Å². The molecule has 0 aliphatic carbocycles. The first kappa shape index (κ1) is 17.1. The lowest BCUT2D eigenvalue weighted by Crippen LogP contribution is -2.22. The van der Waals surface area contributed by atoms with Crippen molar-refractivity contribution < 1.29 is 9.53 Å². The lowest BCUT2D eigenvalue weighted by Gasteiger charge is -2.04. The number of amides is 1. The van der Waals surface area contributed by atoms with E-state index in [1.807, 2.05) is 50.2 Å². The van der Waals surface area contributed by atoms with Gasteiger partial charge in [0.15, 0.2) is 0 Å². The number of pyridine rings is 1. The van der Waals surface area contributed by atoms with Gasteiger partial charge in [-0.05, 0) is 31.5 Å². The van der Waals surface area contributed by atoms with Crippen molar-refractivity contribution >= 4 is 17.2 Å². The van der Waals surface area contributed by atoms with Gasteiger partial charge in [-0.15, -0.1) is 11.3 Å². The van der Waals surface area contributed by atoms with Crippen LogP contribution in [0.1, 0.15) is 31.5 Å². The second-order valence-electron chi connectivity index (χ2n) is 5.67. The van der Waals surface area contributed by atoms with Gasteiger partial charge in [-0.25, -0.2) is 4.98 Å². The van der Waals surface area contributed by atoms with E-state index < -0.39 is 0 Å². The molecule has 0 aliphatic rings. The van der Waals surface area contributed by atoms with Gasteiger partial charge in [0.1, 0.15) is 22.2 Å². The second kappa shape index (κ2) is 7.90. The lowest BCUT2D eigenvalue weighted by atomic mass is 10.1. The number of hydrogen-bond acceptors (Lipinski definition) is 5. The Morgan fingerprint density at radius 1 is 1.20 bits per heavy atom. The van der Waals surface area contributed by atoms with Crippen LogP contribution in [0.3, 0.4) is 0 Å². The molecule has 5 nitrogen and oxygen atoms in total. The summed E-state index contributed by atoms with van der Waals surface area (Å²) in [5.41, 5.74) is 2.99. The van der Waals surface area contributed by atoms with Crippen molar-refractivity contribution in [2.24, 2.45) is 0 Å². The number of nitrogens with zero attached hydrogens (tertiary/aromatic N) is 2. The van der Waals surface area contributed by atoms with Crippen LogP contribution in [0.2, 0.25) is 0 Å². The maximum atomic E-state index is 12.4. The van der Waals surface area contributed by atoms with E-state index in [0.29, 0.717) is 23.8 Å². The highest BCUT2D eigenvalue weighted by molar-refractivity contribution is 7.13. The summed E-state index contributed by atoms with van der Waals surface area (Å²) >= 11 is 1.36. The molecule has 128 valence electrons. The van der Waals surface area contributed by atoms with Gasteiger partial charge in [0.2, 0.25) is 0 Å². The summed E-state index contributed by atoms with van der Waals surface area (Å²) in [6, 6.07) is 11.8. The number of carbonyl (C=O) groups excluding carboxylic acids is 1. The zero-order valence-corrected chi connectivity index (χ0v) is 15.0. The SMILES string of the molecule is Cc1ccc(CNC(=O)c2sc(COc3cccnc3)nc2C)cc1. The first-order chi connectivity index (χ1) is 12.1. The topological polar surface area (TPSA) is 64.1 Å². The fourth-order valence-corrected chi connectivity index (χ4v) is 3.17. The van der Waals surface area contributed by atoms with Crippen molar-refractivity contribution in [3.05, 3.63) is 75.5 Å². The van der Waals surface area contributed by atoms with E-state index >= 15 is 0 Å². The summed E-state index contributed by atoms with van der Waals surface area (Å²) in [4.78, 5) is 21.4. The fourth-order valence-electron chi connectivity index (χ4n) is 2.27. The molecule has 0 aliphatic heterocycles. The molecule has 0 fully saturated rings. The lowest BCUT2D eigenvalue weighted by molar-refractivity contribution is 0.0954. The number of aryl methyl sites for hydroxylation is 2. The number of hydrogen-bond donors (Lipinski definition) is 1. The Kier molecular flexibility index (Phi) is 5.40. The molecule has 0 bridgehead atoms. The Bertz CT molecular complexity index is 845. The number of thiazole rings is 1. The van der Waals surface area contributed by atoms with Gasteiger partial charge in [0.25, 0.3) is 5.91 Å². The van der Waals surface area contributed by atoms with Crippen LogP contribution in [0.4, 0.5) is 0 Å². The van der Waals surface area contributed by atoms with Crippen LogP contribution in [-0.4, -0.2) is 15.9 Å². The van der Waals surface area contributed by atoms with Gasteiger partial charge >= 0.3 is 0 Å². The van der Waals surface area contributed by atoms with E-state index in [1.54, 1.807) is 12.4 Å². The van der Waals surface area contributed by atoms with E-state index in [1.165, 1.54) is 16.9 Å². The molecular weight excluding hydrogens is 334 g/mol. The molecule has 2 aromatic heterocycles. The molecule has 3 rings (SSSR count). The first-order valence-electron chi connectivity index (χ1n) is 7.94. The van der Waals surface area contributed by atoms with Gasteiger partial charge in [0.05, 0.1) is 11.9 Å². The van der Waals surface area contributed by atoms with Crippen molar-refractivity contribution in [2.45, 2.75) is 27.0 Å². The Labute approximate surface area is 150 Å². The third kappa shape index (κ3) is 4.64. The maximum absolute atomic E-state index is 12.4. The predicted molar refractivity (Wildman–Crippen MR) is 97.8 cm³/mol. The van der Waals surface area contributed by atoms with Crippen LogP contribution in [0, 0.1) is 13.8 Å². The predicted octanol–water partition coefficient (Wildman–Crippen LogP) is 3.66. The van der Waals surface area contributed by atoms with Crippen LogP contribution in [0.15, 0.2) is 48.8 Å². The molecule has 1 amide bonds. The number of carbonyl (C=O) groups is 1. The number of nitrogens with one attached hydrogen (secondary N) is 1. The summed E-state index contributed by atoms with van der Waals surface area (Å²) in [7, 11) is 0. The molecule has 0 radical (unpaired) electrons. The van der Waals surface area contributed by atoms with Crippen molar-refractivity contribution in [2.75, 3.05) is 0 Å². The highest BCUT2D eigenvalue weighted by Gasteiger charge is 2.15. The zero-order valence-electron chi connectivity index (χ0n) is 14.2. The Morgan fingerprint density at radius 2 is 2.00 bits per heavy atom. The third-order valence-electron chi connectivity index (χ3n) is 3.62. The standard InChI is InChI=1S/C19H19N3O2S/c1-13-5-7-15(8-6-13)10-21-19(23)18-14(2)22-17(25-18)12-24-16-4-3-9-20-11-16/h3-9,11H,10,12H2,1-2H3,(H,21,23). The van der Waals surface area contributed by atoms with Gasteiger partial charge in [-0.1, -0.05) is 29.8 Å². The van der Waals surface area contributed by atoms with Crippen molar-refractivity contribution in [1.82, 2.24) is 15.3 Å². The van der Waals surface area contributed by atoms with Crippen LogP contribution < -0.4 is 10.1 Å². The molecule has 3 aromatic rings. The number of aromatic nitrogens is 2. The summed E-state index contributed by atoms with van der Waals surface area (Å²) in [6.07, 6.45) is 3.34. The maximum Gasteiger partial charge on any atom is 0.263 e. The summed E-state index contributed by atoms with van der Waals surface area (Å²) in [5.74, 6) is 0.573. The number of benzene rings is 1. The highest BCUT2D eigenvalue weighted by atomic mass is 32.1. The van der Waals surface area contributed by atoms with Crippen LogP contribution in [0.5, 0.6) is 5.75 Å². The van der Waals surface area contributed by atoms with E-state index in [0.717, 1.165) is 16.3 Å². The molecule has 0 saturated heterocycles. The minimum absolute atomic E-state index is 0.108. The Morgan fingerprint density at radius 3 is 2.72 bits per heavy atom. The fraction of sp³-hybridized carbons (Fsp3) is 0.211.